The second-order valence-electron chi connectivity index (χ2n) is 2.67. The molecule has 13 heavy (non-hydrogen) atoms. The average Bonchev–Trinajstić information content (AvgIpc) is 2.08. The first-order valence-electron chi connectivity index (χ1n) is 3.96. The number of rotatable bonds is 3. The molecular weight excluding hydrogens is 187 g/mol. The quantitative estimate of drug-likeness (QED) is 0.717. The molecule has 2 nitrogen and oxygen atoms in total. The molecule has 3 N–H and O–H groups in total. The molecule has 1 rings (SSSR count). The highest BCUT2D eigenvalue weighted by Crippen LogP contribution is 2.02. The summed E-state index contributed by atoms with van der Waals surface area (Å²) in [5, 5.41) is 3.12. The Morgan fingerprint density at radius 2 is 2.00 bits per heavy atom. The third kappa shape index (κ3) is 3.85. The van der Waals surface area contributed by atoms with E-state index in [1.807, 2.05) is 0 Å². The van der Waals surface area contributed by atoms with Gasteiger partial charge in [0.2, 0.25) is 0 Å². The Labute approximate surface area is 81.9 Å². The zero-order chi connectivity index (χ0) is 9.68. The minimum absolute atomic E-state index is 0.217. The van der Waals surface area contributed by atoms with Crippen molar-refractivity contribution >= 4 is 17.3 Å². The van der Waals surface area contributed by atoms with Gasteiger partial charge < -0.3 is 11.1 Å². The van der Waals surface area contributed by atoms with E-state index in [1.165, 1.54) is 12.1 Å². The summed E-state index contributed by atoms with van der Waals surface area (Å²) in [6.45, 7) is 0.682. The molecule has 1 aromatic rings. The van der Waals surface area contributed by atoms with Gasteiger partial charge in [-0.25, -0.2) is 4.39 Å². The van der Waals surface area contributed by atoms with Crippen molar-refractivity contribution in [3.63, 3.8) is 0 Å². The van der Waals surface area contributed by atoms with E-state index >= 15 is 0 Å². The zero-order valence-corrected chi connectivity index (χ0v) is 7.90. The van der Waals surface area contributed by atoms with Gasteiger partial charge in [-0.15, -0.1) is 0 Å². The summed E-state index contributed by atoms with van der Waals surface area (Å²) < 4.78 is 12.5. The molecule has 0 unspecified atom stereocenters. The topological polar surface area (TPSA) is 38.0 Å². The average molecular weight is 198 g/mol. The van der Waals surface area contributed by atoms with Crippen LogP contribution in [0.1, 0.15) is 5.56 Å². The fraction of sp³-hybridized carbons (Fsp3) is 0.222. The van der Waals surface area contributed by atoms with Gasteiger partial charge in [-0.2, -0.15) is 0 Å². The third-order valence-electron chi connectivity index (χ3n) is 1.63. The molecule has 0 saturated carbocycles. The second-order valence-corrected chi connectivity index (χ2v) is 3.11. The fourth-order valence-corrected chi connectivity index (χ4v) is 1.08. The van der Waals surface area contributed by atoms with Crippen molar-refractivity contribution in [2.75, 3.05) is 6.54 Å². The molecule has 0 bridgehead atoms. The van der Waals surface area contributed by atoms with Crippen molar-refractivity contribution in [2.24, 2.45) is 5.73 Å². The van der Waals surface area contributed by atoms with E-state index in [-0.39, 0.29) is 5.82 Å². The SMILES string of the molecule is NC(=S)NCCc1ccc(F)cc1. The summed E-state index contributed by atoms with van der Waals surface area (Å²) in [7, 11) is 0. The minimum atomic E-state index is -0.217. The predicted molar refractivity (Wildman–Crippen MR) is 54.9 cm³/mol. The van der Waals surface area contributed by atoms with Crippen LogP contribution < -0.4 is 11.1 Å². The van der Waals surface area contributed by atoms with Crippen LogP contribution in [0.2, 0.25) is 0 Å². The molecule has 0 heterocycles. The molecule has 0 radical (unpaired) electrons. The van der Waals surface area contributed by atoms with E-state index in [2.05, 4.69) is 17.5 Å². The van der Waals surface area contributed by atoms with E-state index in [4.69, 9.17) is 5.73 Å². The minimum Gasteiger partial charge on any atom is -0.376 e. The van der Waals surface area contributed by atoms with E-state index in [0.717, 1.165) is 12.0 Å². The Bertz CT molecular complexity index is 284. The summed E-state index contributed by atoms with van der Waals surface area (Å²) in [6, 6.07) is 6.37. The van der Waals surface area contributed by atoms with Crippen molar-refractivity contribution in [1.82, 2.24) is 5.32 Å². The Balaban J connectivity index is 2.37. The summed E-state index contributed by atoms with van der Waals surface area (Å²) in [4.78, 5) is 0. The fourth-order valence-electron chi connectivity index (χ4n) is 0.981. The van der Waals surface area contributed by atoms with Crippen LogP contribution >= 0.6 is 12.2 Å². The highest BCUT2D eigenvalue weighted by atomic mass is 32.1. The lowest BCUT2D eigenvalue weighted by Gasteiger charge is -2.03. The maximum absolute atomic E-state index is 12.5. The molecule has 1 aromatic carbocycles. The molecule has 0 amide bonds. The lowest BCUT2D eigenvalue weighted by Crippen LogP contribution is -2.30. The maximum Gasteiger partial charge on any atom is 0.163 e. The van der Waals surface area contributed by atoms with Crippen LogP contribution in [-0.4, -0.2) is 11.7 Å². The van der Waals surface area contributed by atoms with Gasteiger partial charge in [0.1, 0.15) is 5.82 Å². The van der Waals surface area contributed by atoms with Crippen LogP contribution in [0.5, 0.6) is 0 Å². The predicted octanol–water partition coefficient (Wildman–Crippen LogP) is 1.20. The largest absolute Gasteiger partial charge is 0.376 e. The van der Waals surface area contributed by atoms with Crippen LogP contribution in [0.15, 0.2) is 24.3 Å². The molecular formula is C9H11FN2S. The first-order chi connectivity index (χ1) is 6.18. The smallest absolute Gasteiger partial charge is 0.163 e. The summed E-state index contributed by atoms with van der Waals surface area (Å²) in [6.07, 6.45) is 0.789. The van der Waals surface area contributed by atoms with Crippen LogP contribution in [0.4, 0.5) is 4.39 Å². The highest BCUT2D eigenvalue weighted by Gasteiger charge is 1.93. The Morgan fingerprint density at radius 1 is 1.38 bits per heavy atom. The van der Waals surface area contributed by atoms with Crippen LogP contribution in [0.25, 0.3) is 0 Å². The van der Waals surface area contributed by atoms with Crippen LogP contribution in [0.3, 0.4) is 0 Å². The number of benzene rings is 1. The van der Waals surface area contributed by atoms with Gasteiger partial charge in [-0.05, 0) is 36.3 Å². The number of nitrogens with two attached hydrogens (primary N) is 1. The highest BCUT2D eigenvalue weighted by molar-refractivity contribution is 7.80. The third-order valence-corrected chi connectivity index (χ3v) is 1.77. The normalized spacial score (nSPS) is 9.62. The number of halogens is 1. The number of nitrogens with one attached hydrogen (secondary N) is 1. The first-order valence-corrected chi connectivity index (χ1v) is 4.37. The van der Waals surface area contributed by atoms with E-state index < -0.39 is 0 Å². The maximum atomic E-state index is 12.5. The molecule has 0 saturated heterocycles. The van der Waals surface area contributed by atoms with Gasteiger partial charge in [-0.3, -0.25) is 0 Å². The summed E-state index contributed by atoms with van der Waals surface area (Å²) >= 11 is 4.64. The Kier molecular flexibility index (Phi) is 3.64. The molecule has 0 atom stereocenters. The standard InChI is InChI=1S/C9H11FN2S/c10-8-3-1-7(2-4-8)5-6-12-9(11)13/h1-4H,5-6H2,(H3,11,12,13). The molecule has 0 fully saturated rings. The lowest BCUT2D eigenvalue weighted by atomic mass is 10.1. The Hall–Kier alpha value is -1.16. The molecule has 0 aromatic heterocycles. The molecule has 0 aliphatic heterocycles. The van der Waals surface area contributed by atoms with Gasteiger partial charge in [0.15, 0.2) is 5.11 Å². The monoisotopic (exact) mass is 198 g/mol. The van der Waals surface area contributed by atoms with E-state index in [0.29, 0.717) is 11.7 Å². The van der Waals surface area contributed by atoms with Crippen molar-refractivity contribution in [1.29, 1.82) is 0 Å². The molecule has 4 heteroatoms. The van der Waals surface area contributed by atoms with Crippen molar-refractivity contribution < 1.29 is 4.39 Å². The number of thiocarbonyl (C=S) groups is 1. The van der Waals surface area contributed by atoms with Gasteiger partial charge in [0, 0.05) is 6.54 Å². The first kappa shape index (κ1) is 9.92. The Morgan fingerprint density at radius 3 is 2.54 bits per heavy atom. The van der Waals surface area contributed by atoms with E-state index in [1.54, 1.807) is 12.1 Å². The second kappa shape index (κ2) is 4.77. The van der Waals surface area contributed by atoms with Crippen LogP contribution in [0, 0.1) is 5.82 Å². The van der Waals surface area contributed by atoms with Gasteiger partial charge >= 0.3 is 0 Å². The summed E-state index contributed by atoms with van der Waals surface area (Å²) in [5.41, 5.74) is 6.30. The zero-order valence-electron chi connectivity index (χ0n) is 7.09. The van der Waals surface area contributed by atoms with Crippen LogP contribution in [-0.2, 0) is 6.42 Å². The van der Waals surface area contributed by atoms with E-state index in [9.17, 15) is 4.39 Å². The number of hydrogen-bond donors (Lipinski definition) is 2. The van der Waals surface area contributed by atoms with Gasteiger partial charge in [0.05, 0.1) is 0 Å². The molecule has 0 spiro atoms. The van der Waals surface area contributed by atoms with Crippen molar-refractivity contribution in [3.8, 4) is 0 Å². The van der Waals surface area contributed by atoms with Gasteiger partial charge in [0.25, 0.3) is 0 Å². The van der Waals surface area contributed by atoms with Crippen molar-refractivity contribution in [3.05, 3.63) is 35.6 Å². The number of hydrogen-bond acceptors (Lipinski definition) is 1. The molecule has 0 aliphatic carbocycles. The lowest BCUT2D eigenvalue weighted by molar-refractivity contribution is 0.627. The van der Waals surface area contributed by atoms with Crippen molar-refractivity contribution in [2.45, 2.75) is 6.42 Å². The molecule has 0 aliphatic rings. The molecule has 70 valence electrons. The van der Waals surface area contributed by atoms with Gasteiger partial charge in [-0.1, -0.05) is 12.1 Å². The summed E-state index contributed by atoms with van der Waals surface area (Å²) in [5.74, 6) is -0.217.